The molecule has 2 rings (SSSR count). The molecule has 1 unspecified atom stereocenters. The Kier molecular flexibility index (Phi) is 3.04. The van der Waals surface area contributed by atoms with Gasteiger partial charge in [0.1, 0.15) is 12.2 Å². The number of aryl methyl sites for hydroxylation is 1. The smallest absolute Gasteiger partial charge is 0.138 e. The van der Waals surface area contributed by atoms with Gasteiger partial charge in [0.05, 0.1) is 11.1 Å². The van der Waals surface area contributed by atoms with Crippen LogP contribution in [0.2, 0.25) is 5.02 Å². The number of thiophene rings is 1. The fourth-order valence-electron chi connectivity index (χ4n) is 1.28. The van der Waals surface area contributed by atoms with Gasteiger partial charge in [0.15, 0.2) is 0 Å². The van der Waals surface area contributed by atoms with Crippen LogP contribution in [-0.2, 0) is 13.5 Å². The predicted octanol–water partition coefficient (Wildman–Crippen LogP) is 1.81. The van der Waals surface area contributed by atoms with Crippen LogP contribution in [0.3, 0.4) is 0 Å². The molecular weight excluding hydrogens is 234 g/mol. The van der Waals surface area contributed by atoms with E-state index in [1.54, 1.807) is 23.2 Å². The number of hydrogen-bond donors (Lipinski definition) is 1. The number of aliphatic hydroxyl groups is 1. The molecule has 15 heavy (non-hydrogen) atoms. The van der Waals surface area contributed by atoms with Crippen molar-refractivity contribution in [1.29, 1.82) is 0 Å². The molecule has 2 aromatic rings. The van der Waals surface area contributed by atoms with Gasteiger partial charge in [0.25, 0.3) is 0 Å². The first-order chi connectivity index (χ1) is 7.16. The van der Waals surface area contributed by atoms with Crippen molar-refractivity contribution in [1.82, 2.24) is 14.8 Å². The molecular formula is C9H10ClN3OS. The minimum Gasteiger partial charge on any atom is -0.387 e. The Morgan fingerprint density at radius 2 is 2.47 bits per heavy atom. The fraction of sp³-hybridized carbons (Fsp3) is 0.333. The van der Waals surface area contributed by atoms with Gasteiger partial charge in [0.2, 0.25) is 0 Å². The molecule has 0 aliphatic carbocycles. The molecule has 0 aliphatic rings. The summed E-state index contributed by atoms with van der Waals surface area (Å²) in [5.74, 6) is 0.757. The molecule has 0 bridgehead atoms. The first-order valence-electron chi connectivity index (χ1n) is 4.41. The third-order valence-corrected chi connectivity index (χ3v) is 3.48. The zero-order chi connectivity index (χ0) is 10.8. The quantitative estimate of drug-likeness (QED) is 0.895. The van der Waals surface area contributed by atoms with E-state index in [2.05, 4.69) is 10.1 Å². The molecule has 1 N–H and O–H groups in total. The van der Waals surface area contributed by atoms with Crippen LogP contribution >= 0.6 is 22.9 Å². The van der Waals surface area contributed by atoms with Gasteiger partial charge in [-0.15, -0.1) is 11.3 Å². The molecule has 0 radical (unpaired) electrons. The number of nitrogens with zero attached hydrogens (tertiary/aromatic N) is 3. The topological polar surface area (TPSA) is 50.9 Å². The molecule has 1 atom stereocenters. The molecule has 2 aromatic heterocycles. The Balaban J connectivity index is 2.10. The highest BCUT2D eigenvalue weighted by atomic mass is 35.5. The zero-order valence-electron chi connectivity index (χ0n) is 8.09. The van der Waals surface area contributed by atoms with Gasteiger partial charge >= 0.3 is 0 Å². The van der Waals surface area contributed by atoms with E-state index in [1.807, 2.05) is 0 Å². The van der Waals surface area contributed by atoms with Gasteiger partial charge in [-0.1, -0.05) is 11.6 Å². The van der Waals surface area contributed by atoms with Crippen molar-refractivity contribution in [3.8, 4) is 0 Å². The second-order valence-corrected chi connectivity index (χ2v) is 4.57. The maximum Gasteiger partial charge on any atom is 0.138 e. The first-order valence-corrected chi connectivity index (χ1v) is 5.67. The molecule has 0 saturated heterocycles. The largest absolute Gasteiger partial charge is 0.387 e. The maximum absolute atomic E-state index is 9.90. The molecule has 0 aliphatic heterocycles. The van der Waals surface area contributed by atoms with Gasteiger partial charge < -0.3 is 5.11 Å². The van der Waals surface area contributed by atoms with E-state index in [9.17, 15) is 5.11 Å². The molecule has 6 heteroatoms. The Morgan fingerprint density at radius 3 is 3.00 bits per heavy atom. The summed E-state index contributed by atoms with van der Waals surface area (Å²) in [4.78, 5) is 4.90. The number of aliphatic hydroxyl groups excluding tert-OH is 1. The third kappa shape index (κ3) is 2.37. The van der Waals surface area contributed by atoms with Crippen LogP contribution in [0.1, 0.15) is 16.8 Å². The molecule has 0 fully saturated rings. The van der Waals surface area contributed by atoms with E-state index in [0.29, 0.717) is 11.4 Å². The average molecular weight is 244 g/mol. The number of aromatic nitrogens is 3. The minimum absolute atomic E-state index is 0.452. The zero-order valence-corrected chi connectivity index (χ0v) is 9.66. The lowest BCUT2D eigenvalue weighted by molar-refractivity contribution is 0.178. The Morgan fingerprint density at radius 1 is 1.67 bits per heavy atom. The highest BCUT2D eigenvalue weighted by Gasteiger charge is 2.13. The molecule has 0 saturated carbocycles. The monoisotopic (exact) mass is 243 g/mol. The van der Waals surface area contributed by atoms with Crippen LogP contribution in [0.4, 0.5) is 0 Å². The van der Waals surface area contributed by atoms with Crippen LogP contribution in [-0.4, -0.2) is 19.9 Å². The van der Waals surface area contributed by atoms with Gasteiger partial charge in [-0.25, -0.2) is 4.98 Å². The van der Waals surface area contributed by atoms with E-state index in [0.717, 1.165) is 10.7 Å². The normalized spacial score (nSPS) is 13.0. The lowest BCUT2D eigenvalue weighted by Crippen LogP contribution is -2.06. The van der Waals surface area contributed by atoms with Gasteiger partial charge in [0, 0.05) is 23.7 Å². The molecule has 0 spiro atoms. The van der Waals surface area contributed by atoms with E-state index in [1.165, 1.54) is 17.7 Å². The van der Waals surface area contributed by atoms with Crippen molar-refractivity contribution >= 4 is 22.9 Å². The second kappa shape index (κ2) is 4.30. The molecule has 0 amide bonds. The molecule has 0 aromatic carbocycles. The number of halogens is 1. The third-order valence-electron chi connectivity index (χ3n) is 2.10. The van der Waals surface area contributed by atoms with Crippen LogP contribution in [0.25, 0.3) is 0 Å². The van der Waals surface area contributed by atoms with Crippen LogP contribution in [0, 0.1) is 0 Å². The fourth-order valence-corrected chi connectivity index (χ4v) is 2.35. The van der Waals surface area contributed by atoms with E-state index in [4.69, 9.17) is 11.6 Å². The second-order valence-electron chi connectivity index (χ2n) is 3.19. The van der Waals surface area contributed by atoms with Crippen molar-refractivity contribution < 1.29 is 5.11 Å². The summed E-state index contributed by atoms with van der Waals surface area (Å²) in [7, 11) is 1.80. The average Bonchev–Trinajstić information content (AvgIpc) is 2.77. The Bertz CT molecular complexity index is 454. The highest BCUT2D eigenvalue weighted by Crippen LogP contribution is 2.26. The highest BCUT2D eigenvalue weighted by molar-refractivity contribution is 7.10. The van der Waals surface area contributed by atoms with E-state index >= 15 is 0 Å². The minimum atomic E-state index is -0.564. The van der Waals surface area contributed by atoms with Crippen molar-refractivity contribution in [2.24, 2.45) is 7.05 Å². The standard InChI is InChI=1S/C9H10ClN3OS/c1-13-9(11-5-12-13)3-7(14)8-2-6(10)4-15-8/h2,4-5,7,14H,3H2,1H3. The summed E-state index contributed by atoms with van der Waals surface area (Å²) in [5.41, 5.74) is 0. The number of rotatable bonds is 3. The van der Waals surface area contributed by atoms with E-state index < -0.39 is 6.10 Å². The van der Waals surface area contributed by atoms with Crippen molar-refractivity contribution in [3.05, 3.63) is 33.5 Å². The lowest BCUT2D eigenvalue weighted by atomic mass is 10.2. The molecule has 2 heterocycles. The SMILES string of the molecule is Cn1ncnc1CC(O)c1cc(Cl)cs1. The van der Waals surface area contributed by atoms with Gasteiger partial charge in [-0.2, -0.15) is 5.10 Å². The van der Waals surface area contributed by atoms with Crippen molar-refractivity contribution in [2.45, 2.75) is 12.5 Å². The summed E-state index contributed by atoms with van der Waals surface area (Å²) in [5, 5.41) is 16.3. The molecule has 80 valence electrons. The van der Waals surface area contributed by atoms with Crippen molar-refractivity contribution in [3.63, 3.8) is 0 Å². The summed E-state index contributed by atoms with van der Waals surface area (Å²) in [6.45, 7) is 0. The molecule has 4 nitrogen and oxygen atoms in total. The van der Waals surface area contributed by atoms with Crippen molar-refractivity contribution in [2.75, 3.05) is 0 Å². The maximum atomic E-state index is 9.90. The van der Waals surface area contributed by atoms with Crippen LogP contribution < -0.4 is 0 Å². The van der Waals surface area contributed by atoms with E-state index in [-0.39, 0.29) is 0 Å². The Labute approximate surface area is 96.1 Å². The van der Waals surface area contributed by atoms with Crippen LogP contribution in [0.15, 0.2) is 17.8 Å². The Hall–Kier alpha value is -0.910. The summed E-state index contributed by atoms with van der Waals surface area (Å²) in [6.07, 6.45) is 1.36. The van der Waals surface area contributed by atoms with Gasteiger partial charge in [-0.3, -0.25) is 4.68 Å². The lowest BCUT2D eigenvalue weighted by Gasteiger charge is -2.06. The summed E-state index contributed by atoms with van der Waals surface area (Å²) < 4.78 is 1.65. The van der Waals surface area contributed by atoms with Gasteiger partial charge in [-0.05, 0) is 6.07 Å². The predicted molar refractivity (Wildman–Crippen MR) is 59.0 cm³/mol. The van der Waals surface area contributed by atoms with Crippen LogP contribution in [0.5, 0.6) is 0 Å². The summed E-state index contributed by atoms with van der Waals surface area (Å²) >= 11 is 7.23. The number of hydrogen-bond acceptors (Lipinski definition) is 4. The first kappa shape index (κ1) is 10.6. The summed E-state index contributed by atoms with van der Waals surface area (Å²) in [6, 6.07) is 1.77.